The molecule has 0 aliphatic carbocycles. The van der Waals surface area contributed by atoms with E-state index in [9.17, 15) is 4.79 Å². The van der Waals surface area contributed by atoms with Crippen LogP contribution in [0.25, 0.3) is 5.32 Å². The Labute approximate surface area is 154 Å². The van der Waals surface area contributed by atoms with Crippen molar-refractivity contribution in [3.63, 3.8) is 0 Å². The van der Waals surface area contributed by atoms with E-state index in [1.807, 2.05) is 32.0 Å². The van der Waals surface area contributed by atoms with Crippen LogP contribution in [-0.2, 0) is 21.3 Å². The normalized spacial score (nSPS) is 11.5. The molecule has 1 aromatic carbocycles. The summed E-state index contributed by atoms with van der Waals surface area (Å²) < 4.78 is 0. The van der Waals surface area contributed by atoms with Crippen LogP contribution in [0.4, 0.5) is 5.69 Å². The molecule has 23 heavy (non-hydrogen) atoms. The zero-order valence-electron chi connectivity index (χ0n) is 16.1. The topological polar surface area (TPSA) is 31.2 Å². The standard InChI is InChI=1S/C18H30NOP.CH3.Ni/c1-13-10-9-11-14(2)16(13)19-15(20)12-21(17(3,4)5)18(6,7)8;;/h9-11H,12H2,1-8H3,(H,19,20);1H3;/q;-1;+2. The Balaban J connectivity index is 0. The summed E-state index contributed by atoms with van der Waals surface area (Å²) in [7, 11) is -0.862. The number of carbonyl (C=O) groups is 1. The summed E-state index contributed by atoms with van der Waals surface area (Å²) >= 11 is 0. The third-order valence-corrected chi connectivity index (χ3v) is 8.09. The van der Waals surface area contributed by atoms with Crippen molar-refractivity contribution in [2.45, 2.75) is 65.7 Å². The van der Waals surface area contributed by atoms with Gasteiger partial charge in [0.2, 0.25) is 0 Å². The van der Waals surface area contributed by atoms with E-state index in [0.717, 1.165) is 16.8 Å². The van der Waals surface area contributed by atoms with E-state index in [1.165, 1.54) is 0 Å². The molecular weight excluding hydrogens is 348 g/mol. The van der Waals surface area contributed by atoms with Crippen molar-refractivity contribution in [3.05, 3.63) is 42.1 Å². The van der Waals surface area contributed by atoms with Crippen molar-refractivity contribution in [2.24, 2.45) is 0 Å². The molecule has 0 spiro atoms. The average Bonchev–Trinajstić information content (AvgIpc) is 2.28. The van der Waals surface area contributed by atoms with Gasteiger partial charge in [-0.25, -0.2) is 0 Å². The van der Waals surface area contributed by atoms with Crippen LogP contribution in [0.2, 0.25) is 0 Å². The smallest absolute Gasteiger partial charge is 0.623 e. The number of rotatable bonds is 3. The van der Waals surface area contributed by atoms with E-state index in [1.54, 1.807) is 0 Å². The molecule has 0 fully saturated rings. The first-order valence-corrected chi connectivity index (χ1v) is 9.31. The Bertz CT molecular complexity index is 481. The van der Waals surface area contributed by atoms with Gasteiger partial charge >= 0.3 is 16.5 Å². The van der Waals surface area contributed by atoms with Crippen LogP contribution in [-0.4, -0.2) is 22.4 Å². The number of hydrogen-bond donors (Lipinski definition) is 0. The van der Waals surface area contributed by atoms with Crippen LogP contribution in [0, 0.1) is 21.3 Å². The maximum absolute atomic E-state index is 12.5. The summed E-state index contributed by atoms with van der Waals surface area (Å²) in [6.45, 7) is 17.5. The molecule has 2 nitrogen and oxygen atoms in total. The SMILES string of the molecule is Cc1cccc(C)c1[N-]C(=O)C[PH+](C(C)(C)C)C(C)(C)C.[CH3-].[Ni+2]. The fourth-order valence-corrected chi connectivity index (χ4v) is 6.64. The summed E-state index contributed by atoms with van der Waals surface area (Å²) in [5, 5.41) is 4.79. The van der Waals surface area contributed by atoms with Crippen molar-refractivity contribution in [3.8, 4) is 0 Å². The average molecular weight is 381 g/mol. The van der Waals surface area contributed by atoms with Gasteiger partial charge in [-0.2, -0.15) is 0 Å². The number of benzene rings is 1. The van der Waals surface area contributed by atoms with Crippen LogP contribution in [0.15, 0.2) is 18.2 Å². The largest absolute Gasteiger partial charge is 2.00 e. The second kappa shape index (κ2) is 9.19. The van der Waals surface area contributed by atoms with Crippen molar-refractivity contribution in [1.29, 1.82) is 0 Å². The number of aryl methyl sites for hydroxylation is 2. The fraction of sp³-hybridized carbons (Fsp3) is 0.579. The molecule has 4 heteroatoms. The quantitative estimate of drug-likeness (QED) is 0.354. The van der Waals surface area contributed by atoms with Crippen LogP contribution in [0.5, 0.6) is 0 Å². The first kappa shape index (κ1) is 24.9. The van der Waals surface area contributed by atoms with Gasteiger partial charge in [0.05, 0.1) is 22.4 Å². The number of nitrogens with zero attached hydrogens (tertiary/aromatic N) is 1. The van der Waals surface area contributed by atoms with Crippen molar-refractivity contribution >= 4 is 19.5 Å². The molecule has 0 saturated carbocycles. The maximum atomic E-state index is 12.5. The Morgan fingerprint density at radius 3 is 1.74 bits per heavy atom. The van der Waals surface area contributed by atoms with Crippen molar-refractivity contribution in [1.82, 2.24) is 0 Å². The molecule has 0 radical (unpaired) electrons. The molecule has 0 saturated heterocycles. The van der Waals surface area contributed by atoms with Crippen LogP contribution < -0.4 is 0 Å². The maximum Gasteiger partial charge on any atom is 2.00 e. The van der Waals surface area contributed by atoms with Gasteiger partial charge in [-0.1, -0.05) is 29.3 Å². The minimum atomic E-state index is -0.862. The van der Waals surface area contributed by atoms with E-state index < -0.39 is 7.92 Å². The Kier molecular flexibility index (Phi) is 9.93. The van der Waals surface area contributed by atoms with Crippen molar-refractivity contribution in [2.75, 3.05) is 6.16 Å². The number of para-hydroxylation sites is 1. The second-order valence-electron chi connectivity index (χ2n) is 7.90. The predicted octanol–water partition coefficient (Wildman–Crippen LogP) is 6.09. The minimum absolute atomic E-state index is 0. The van der Waals surface area contributed by atoms with Gasteiger partial charge in [-0.15, -0.1) is 5.69 Å². The van der Waals surface area contributed by atoms with Gasteiger partial charge < -0.3 is 17.5 Å². The molecule has 1 aromatic rings. The summed E-state index contributed by atoms with van der Waals surface area (Å²) in [5.74, 6) is 0.0335. The van der Waals surface area contributed by atoms with E-state index in [0.29, 0.717) is 6.16 Å². The molecule has 0 unspecified atom stereocenters. The molecular formula is C19H33NNiOP+. The molecule has 134 valence electrons. The number of amides is 1. The van der Waals surface area contributed by atoms with Gasteiger partial charge in [0.25, 0.3) is 0 Å². The van der Waals surface area contributed by atoms with E-state index in [-0.39, 0.29) is 40.1 Å². The minimum Gasteiger partial charge on any atom is -0.623 e. The molecule has 0 atom stereocenters. The zero-order chi connectivity index (χ0) is 16.4. The monoisotopic (exact) mass is 380 g/mol. The molecule has 0 bridgehead atoms. The molecule has 0 N–H and O–H groups in total. The molecule has 1 rings (SSSR count). The first-order valence-electron chi connectivity index (χ1n) is 7.60. The summed E-state index contributed by atoms with van der Waals surface area (Å²) in [6, 6.07) is 6.03. The fourth-order valence-electron chi connectivity index (χ4n) is 2.95. The molecule has 0 aliphatic rings. The van der Waals surface area contributed by atoms with Gasteiger partial charge in [-0.05, 0) is 55.4 Å². The van der Waals surface area contributed by atoms with Gasteiger partial charge in [0.1, 0.15) is 0 Å². The summed E-state index contributed by atoms with van der Waals surface area (Å²) in [6.07, 6.45) is 0.603. The molecule has 0 aliphatic heterocycles. The third-order valence-electron chi connectivity index (χ3n) is 3.81. The number of carbonyl (C=O) groups excluding carboxylic acids is 1. The second-order valence-corrected chi connectivity index (χ2v) is 12.2. The van der Waals surface area contributed by atoms with Crippen LogP contribution >= 0.6 is 7.92 Å². The van der Waals surface area contributed by atoms with Gasteiger partial charge in [0, 0.05) is 7.92 Å². The molecule has 0 heterocycles. The predicted molar refractivity (Wildman–Crippen MR) is 103 cm³/mol. The summed E-state index contributed by atoms with van der Waals surface area (Å²) in [4.78, 5) is 12.5. The molecule has 1 amide bonds. The van der Waals surface area contributed by atoms with Gasteiger partial charge in [-0.3, -0.25) is 0 Å². The van der Waals surface area contributed by atoms with Crippen molar-refractivity contribution < 1.29 is 21.3 Å². The van der Waals surface area contributed by atoms with E-state index >= 15 is 0 Å². The Hall–Kier alpha value is -0.386. The Morgan fingerprint density at radius 2 is 1.39 bits per heavy atom. The first-order chi connectivity index (χ1) is 9.43. The number of hydrogen-bond acceptors (Lipinski definition) is 1. The summed E-state index contributed by atoms with van der Waals surface area (Å²) in [5.41, 5.74) is 3.00. The zero-order valence-corrected chi connectivity index (χ0v) is 18.1. The molecule has 0 aromatic heterocycles. The van der Waals surface area contributed by atoms with Crippen LogP contribution in [0.3, 0.4) is 0 Å². The van der Waals surface area contributed by atoms with Gasteiger partial charge in [0.15, 0.2) is 0 Å². The third kappa shape index (κ3) is 7.36. The van der Waals surface area contributed by atoms with Crippen LogP contribution in [0.1, 0.15) is 52.7 Å². The van der Waals surface area contributed by atoms with E-state index in [4.69, 9.17) is 0 Å². The Morgan fingerprint density at radius 1 is 1.00 bits per heavy atom. The van der Waals surface area contributed by atoms with E-state index in [2.05, 4.69) is 46.9 Å².